The molecule has 2 aliphatic heterocycles. The van der Waals surface area contributed by atoms with E-state index in [4.69, 9.17) is 27.2 Å². The number of imide groups is 1. The number of nitrogen functional groups attached to an aromatic ring is 1. The van der Waals surface area contributed by atoms with Crippen molar-refractivity contribution in [1.29, 1.82) is 0 Å². The second kappa shape index (κ2) is 11.9. The number of fused-ring (bicyclic) bond motifs is 1. The second-order valence-corrected chi connectivity index (χ2v) is 8.83. The number of rotatable bonds is 7. The Hall–Kier alpha value is -3.10. The molecular formula is C25H31ClN4O4. The summed E-state index contributed by atoms with van der Waals surface area (Å²) in [6.45, 7) is 6.59. The van der Waals surface area contributed by atoms with Crippen LogP contribution in [0.1, 0.15) is 46.9 Å². The fourth-order valence-electron chi connectivity index (χ4n) is 4.18. The van der Waals surface area contributed by atoms with Crippen LogP contribution in [0.3, 0.4) is 0 Å². The summed E-state index contributed by atoms with van der Waals surface area (Å²) in [4.78, 5) is 40.0. The summed E-state index contributed by atoms with van der Waals surface area (Å²) in [5.41, 5.74) is 8.72. The normalized spacial score (nSPS) is 15.7. The SMILES string of the molecule is CC(=O)O.Nc1cc(N2CCN(CCCCCN3C(=O)c4ccccc4C3=O)CC2)ccc1Cl. The lowest BCUT2D eigenvalue weighted by Crippen LogP contribution is -2.46. The van der Waals surface area contributed by atoms with Gasteiger partial charge in [0.2, 0.25) is 0 Å². The van der Waals surface area contributed by atoms with Gasteiger partial charge in [-0.2, -0.15) is 0 Å². The quantitative estimate of drug-likeness (QED) is 0.349. The zero-order chi connectivity index (χ0) is 24.7. The number of benzene rings is 2. The Morgan fingerprint density at radius 1 is 0.941 bits per heavy atom. The van der Waals surface area contributed by atoms with Gasteiger partial charge in [0.05, 0.1) is 21.8 Å². The smallest absolute Gasteiger partial charge is 0.300 e. The molecule has 0 saturated carbocycles. The Labute approximate surface area is 204 Å². The number of carbonyl (C=O) groups is 3. The van der Waals surface area contributed by atoms with Crippen LogP contribution in [0, 0.1) is 0 Å². The Morgan fingerprint density at radius 3 is 2.06 bits per heavy atom. The predicted molar refractivity (Wildman–Crippen MR) is 133 cm³/mol. The van der Waals surface area contributed by atoms with Gasteiger partial charge in [-0.3, -0.25) is 24.2 Å². The minimum atomic E-state index is -0.833. The molecule has 0 atom stereocenters. The van der Waals surface area contributed by atoms with Crippen molar-refractivity contribution in [2.45, 2.75) is 26.2 Å². The van der Waals surface area contributed by atoms with Gasteiger partial charge < -0.3 is 15.7 Å². The molecule has 2 aromatic rings. The molecule has 2 aromatic carbocycles. The number of nitrogens with zero attached hydrogens (tertiary/aromatic N) is 3. The highest BCUT2D eigenvalue weighted by molar-refractivity contribution is 6.33. The number of unbranched alkanes of at least 4 members (excludes halogenated alkanes) is 2. The zero-order valence-corrected chi connectivity index (χ0v) is 20.1. The summed E-state index contributed by atoms with van der Waals surface area (Å²) in [6, 6.07) is 12.9. The van der Waals surface area contributed by atoms with Crippen LogP contribution in [-0.2, 0) is 4.79 Å². The van der Waals surface area contributed by atoms with E-state index in [9.17, 15) is 9.59 Å². The maximum absolute atomic E-state index is 12.4. The van der Waals surface area contributed by atoms with Crippen molar-refractivity contribution in [3.05, 3.63) is 58.6 Å². The summed E-state index contributed by atoms with van der Waals surface area (Å²) in [5.74, 6) is -1.15. The number of amides is 2. The van der Waals surface area contributed by atoms with Crippen LogP contribution >= 0.6 is 11.6 Å². The van der Waals surface area contributed by atoms with E-state index in [1.54, 1.807) is 24.3 Å². The van der Waals surface area contributed by atoms with E-state index in [-0.39, 0.29) is 11.8 Å². The maximum atomic E-state index is 12.4. The summed E-state index contributed by atoms with van der Waals surface area (Å²) in [5, 5.41) is 8.01. The number of hydrogen-bond acceptors (Lipinski definition) is 6. The lowest BCUT2D eigenvalue weighted by molar-refractivity contribution is -0.134. The molecule has 0 bridgehead atoms. The number of aliphatic carboxylic acids is 1. The highest BCUT2D eigenvalue weighted by atomic mass is 35.5. The molecule has 3 N–H and O–H groups in total. The average Bonchev–Trinajstić information content (AvgIpc) is 3.06. The van der Waals surface area contributed by atoms with Gasteiger partial charge in [0.15, 0.2) is 0 Å². The topological polar surface area (TPSA) is 107 Å². The van der Waals surface area contributed by atoms with Crippen LogP contribution in [-0.4, -0.2) is 72.0 Å². The van der Waals surface area contributed by atoms with Crippen LogP contribution < -0.4 is 10.6 Å². The van der Waals surface area contributed by atoms with Gasteiger partial charge in [0, 0.05) is 45.3 Å². The zero-order valence-electron chi connectivity index (χ0n) is 19.4. The minimum Gasteiger partial charge on any atom is -0.481 e. The van der Waals surface area contributed by atoms with E-state index in [1.165, 1.54) is 4.90 Å². The van der Waals surface area contributed by atoms with Crippen LogP contribution in [0.4, 0.5) is 11.4 Å². The van der Waals surface area contributed by atoms with Crippen molar-refractivity contribution in [3.8, 4) is 0 Å². The molecule has 1 fully saturated rings. The molecule has 8 nitrogen and oxygen atoms in total. The number of hydrogen-bond donors (Lipinski definition) is 2. The van der Waals surface area contributed by atoms with Crippen LogP contribution in [0.2, 0.25) is 5.02 Å². The molecule has 9 heteroatoms. The van der Waals surface area contributed by atoms with E-state index in [0.29, 0.717) is 28.4 Å². The molecule has 0 spiro atoms. The van der Waals surface area contributed by atoms with E-state index in [2.05, 4.69) is 9.80 Å². The molecule has 0 aromatic heterocycles. The van der Waals surface area contributed by atoms with E-state index >= 15 is 0 Å². The fourth-order valence-corrected chi connectivity index (χ4v) is 4.30. The summed E-state index contributed by atoms with van der Waals surface area (Å²) in [7, 11) is 0. The Bertz CT molecular complexity index is 998. The average molecular weight is 487 g/mol. The Balaban J connectivity index is 0.000000751. The van der Waals surface area contributed by atoms with Gasteiger partial charge in [0.25, 0.3) is 17.8 Å². The molecule has 0 unspecified atom stereocenters. The van der Waals surface area contributed by atoms with Crippen molar-refractivity contribution >= 4 is 40.8 Å². The van der Waals surface area contributed by atoms with Gasteiger partial charge in [-0.05, 0) is 49.7 Å². The van der Waals surface area contributed by atoms with Crippen molar-refractivity contribution in [2.75, 3.05) is 49.9 Å². The standard InChI is InChI=1S/C23H27ClN4O2.C2H4O2/c24-20-9-8-17(16-21(20)25)27-14-12-26(13-15-27)10-4-1-5-11-28-22(29)18-6-2-3-7-19(18)23(28)30;1-2(3)4/h2-3,6-9,16H,1,4-5,10-15,25H2;1H3,(H,3,4). The predicted octanol–water partition coefficient (Wildman–Crippen LogP) is 3.60. The molecular weight excluding hydrogens is 456 g/mol. The van der Waals surface area contributed by atoms with E-state index in [1.807, 2.05) is 18.2 Å². The lowest BCUT2D eigenvalue weighted by Gasteiger charge is -2.36. The van der Waals surface area contributed by atoms with Crippen LogP contribution in [0.25, 0.3) is 0 Å². The van der Waals surface area contributed by atoms with Crippen molar-refractivity contribution < 1.29 is 19.5 Å². The van der Waals surface area contributed by atoms with Gasteiger partial charge in [-0.25, -0.2) is 0 Å². The Morgan fingerprint density at radius 2 is 1.50 bits per heavy atom. The number of carboxylic acid groups (broad SMARTS) is 1. The fraction of sp³-hybridized carbons (Fsp3) is 0.400. The van der Waals surface area contributed by atoms with Crippen molar-refractivity contribution in [3.63, 3.8) is 0 Å². The van der Waals surface area contributed by atoms with Crippen LogP contribution in [0.15, 0.2) is 42.5 Å². The molecule has 0 aliphatic carbocycles. The number of piperazine rings is 1. The molecule has 2 aliphatic rings. The maximum Gasteiger partial charge on any atom is 0.300 e. The highest BCUT2D eigenvalue weighted by Crippen LogP contribution is 2.26. The third-order valence-electron chi connectivity index (χ3n) is 5.95. The minimum absolute atomic E-state index is 0.158. The number of carbonyl (C=O) groups excluding carboxylic acids is 2. The van der Waals surface area contributed by atoms with Gasteiger partial charge >= 0.3 is 0 Å². The lowest BCUT2D eigenvalue weighted by atomic mass is 10.1. The number of anilines is 2. The Kier molecular flexibility index (Phi) is 8.90. The molecule has 4 rings (SSSR count). The van der Waals surface area contributed by atoms with Gasteiger partial charge in [0.1, 0.15) is 0 Å². The molecule has 0 radical (unpaired) electrons. The van der Waals surface area contributed by atoms with Crippen molar-refractivity contribution in [1.82, 2.24) is 9.80 Å². The third kappa shape index (κ3) is 6.48. The molecule has 2 heterocycles. The summed E-state index contributed by atoms with van der Waals surface area (Å²) >= 11 is 6.01. The number of halogens is 1. The second-order valence-electron chi connectivity index (χ2n) is 8.42. The summed E-state index contributed by atoms with van der Waals surface area (Å²) in [6.07, 6.45) is 2.91. The van der Waals surface area contributed by atoms with E-state index < -0.39 is 5.97 Å². The first-order chi connectivity index (χ1) is 16.3. The largest absolute Gasteiger partial charge is 0.481 e. The highest BCUT2D eigenvalue weighted by Gasteiger charge is 2.34. The third-order valence-corrected chi connectivity index (χ3v) is 6.30. The monoisotopic (exact) mass is 486 g/mol. The molecule has 2 amide bonds. The number of carboxylic acids is 1. The van der Waals surface area contributed by atoms with Gasteiger partial charge in [-0.15, -0.1) is 0 Å². The molecule has 34 heavy (non-hydrogen) atoms. The first-order valence-electron chi connectivity index (χ1n) is 11.4. The van der Waals surface area contributed by atoms with Crippen LogP contribution in [0.5, 0.6) is 0 Å². The molecule has 182 valence electrons. The van der Waals surface area contributed by atoms with Crippen molar-refractivity contribution in [2.24, 2.45) is 0 Å². The first-order valence-corrected chi connectivity index (χ1v) is 11.8. The van der Waals surface area contributed by atoms with E-state index in [0.717, 1.165) is 64.6 Å². The first kappa shape index (κ1) is 25.5. The van der Waals surface area contributed by atoms with Gasteiger partial charge in [-0.1, -0.05) is 30.2 Å². The number of nitrogens with two attached hydrogens (primary N) is 1. The summed E-state index contributed by atoms with van der Waals surface area (Å²) < 4.78 is 0. The molecule has 1 saturated heterocycles.